The molecule has 2 N–H and O–H groups in total. The molecule has 0 unspecified atom stereocenters. The highest BCUT2D eigenvalue weighted by Crippen LogP contribution is 2.05. The number of hydrogen-bond acceptors (Lipinski definition) is 4. The van der Waals surface area contributed by atoms with Gasteiger partial charge in [0.2, 0.25) is 6.79 Å². The fourth-order valence-corrected chi connectivity index (χ4v) is 0.130. The third-order valence-electron chi connectivity index (χ3n) is 1.70. The number of rotatable bonds is 3. The normalized spacial score (nSPS) is 9.20. The number of hydrogen-bond donors (Lipinski definition) is 2. The molecule has 0 heterocycles. The monoisotopic (exact) mass is 222 g/mol. The predicted molar refractivity (Wildman–Crippen MR) is 52.8 cm³/mol. The summed E-state index contributed by atoms with van der Waals surface area (Å²) in [5.74, 6) is 1.70. The van der Waals surface area contributed by atoms with Gasteiger partial charge in [-0.2, -0.15) is 0 Å². The van der Waals surface area contributed by atoms with Crippen molar-refractivity contribution in [3.05, 3.63) is 0 Å². The summed E-state index contributed by atoms with van der Waals surface area (Å²) in [5.41, 5.74) is 0. The second-order valence-corrected chi connectivity index (χ2v) is 3.43. The van der Waals surface area contributed by atoms with E-state index < -0.39 is 19.1 Å². The third kappa shape index (κ3) is 19.1. The van der Waals surface area contributed by atoms with Gasteiger partial charge in [0.15, 0.2) is 0 Å². The van der Waals surface area contributed by atoms with Gasteiger partial charge >= 0.3 is 12.3 Å². The van der Waals surface area contributed by atoms with E-state index in [0.717, 1.165) is 11.8 Å². The first-order chi connectivity index (χ1) is 6.77. The lowest BCUT2D eigenvalue weighted by atomic mass is 10.0. The van der Waals surface area contributed by atoms with Crippen LogP contribution in [0.3, 0.4) is 0 Å². The summed E-state index contributed by atoms with van der Waals surface area (Å²) < 4.78 is 7.33. The molecule has 0 amide bonds. The maximum absolute atomic E-state index is 9.49. The average Bonchev–Trinajstić information content (AvgIpc) is 2.03. The van der Waals surface area contributed by atoms with Crippen LogP contribution in [0.15, 0.2) is 0 Å². The first-order valence-electron chi connectivity index (χ1n) is 4.48. The lowest BCUT2D eigenvalue weighted by Gasteiger charge is -2.05. The van der Waals surface area contributed by atoms with Gasteiger partial charge in [-0.25, -0.2) is 9.59 Å². The fraction of sp³-hybridized carbons (Fsp3) is 0.778. The minimum absolute atomic E-state index is 0.787. The van der Waals surface area contributed by atoms with E-state index in [1.165, 1.54) is 0 Å². The molecule has 0 atom stereocenters. The summed E-state index contributed by atoms with van der Waals surface area (Å²) in [7, 11) is 0. The van der Waals surface area contributed by atoms with Gasteiger partial charge in [0.05, 0.1) is 0 Å². The molecule has 0 aromatic rings. The van der Waals surface area contributed by atoms with Gasteiger partial charge in [0, 0.05) is 0 Å². The van der Waals surface area contributed by atoms with Crippen molar-refractivity contribution in [2.75, 3.05) is 6.79 Å². The van der Waals surface area contributed by atoms with Crippen molar-refractivity contribution >= 4 is 12.3 Å². The van der Waals surface area contributed by atoms with E-state index in [0.29, 0.717) is 0 Å². The highest BCUT2D eigenvalue weighted by Gasteiger charge is 1.98. The van der Waals surface area contributed by atoms with E-state index in [1.807, 2.05) is 0 Å². The molecule has 0 aliphatic rings. The van der Waals surface area contributed by atoms with Crippen LogP contribution in [0.5, 0.6) is 0 Å². The lowest BCUT2D eigenvalue weighted by molar-refractivity contribution is -0.0167. The number of carboxylic acid groups (broad SMARTS) is 2. The molecular weight excluding hydrogens is 204 g/mol. The first kappa shape index (κ1) is 16.0. The van der Waals surface area contributed by atoms with Crippen LogP contribution in [-0.4, -0.2) is 29.3 Å². The van der Waals surface area contributed by atoms with Crippen molar-refractivity contribution in [1.82, 2.24) is 0 Å². The van der Waals surface area contributed by atoms with Gasteiger partial charge in [-0.1, -0.05) is 27.7 Å². The topological polar surface area (TPSA) is 93.1 Å². The zero-order chi connectivity index (χ0) is 12.4. The van der Waals surface area contributed by atoms with E-state index in [-0.39, 0.29) is 0 Å². The van der Waals surface area contributed by atoms with E-state index in [2.05, 4.69) is 37.2 Å². The Bertz CT molecular complexity index is 167. The standard InChI is InChI=1S/C6H14.C3H4O6/c1-5(2)6(3)4;4-2(5)8-1-9-3(6)7/h5-6H,1-4H3;1H2,(H,4,5)(H,6,7). The van der Waals surface area contributed by atoms with Crippen molar-refractivity contribution in [3.8, 4) is 0 Å². The van der Waals surface area contributed by atoms with Crippen molar-refractivity contribution in [1.29, 1.82) is 0 Å². The van der Waals surface area contributed by atoms with Crippen LogP contribution in [0.4, 0.5) is 9.59 Å². The van der Waals surface area contributed by atoms with E-state index in [1.54, 1.807) is 0 Å². The molecule has 0 aliphatic carbocycles. The molecule has 0 aromatic carbocycles. The molecule has 0 aromatic heterocycles. The fourth-order valence-electron chi connectivity index (χ4n) is 0.130. The minimum Gasteiger partial charge on any atom is -0.450 e. The van der Waals surface area contributed by atoms with Crippen LogP contribution >= 0.6 is 0 Å². The van der Waals surface area contributed by atoms with Gasteiger partial charge in [0.1, 0.15) is 0 Å². The molecule has 0 spiro atoms. The molecular formula is C9H18O6. The summed E-state index contributed by atoms with van der Waals surface area (Å²) in [6.07, 6.45) is -3.15. The molecule has 0 fully saturated rings. The number of ether oxygens (including phenoxy) is 2. The van der Waals surface area contributed by atoms with Gasteiger partial charge in [-0.3, -0.25) is 0 Å². The quantitative estimate of drug-likeness (QED) is 0.563. The molecule has 90 valence electrons. The average molecular weight is 222 g/mol. The van der Waals surface area contributed by atoms with Crippen LogP contribution < -0.4 is 0 Å². The Morgan fingerprint density at radius 2 is 1.20 bits per heavy atom. The minimum atomic E-state index is -1.57. The van der Waals surface area contributed by atoms with Gasteiger partial charge < -0.3 is 19.7 Å². The molecule has 0 saturated heterocycles. The van der Waals surface area contributed by atoms with Crippen molar-refractivity contribution in [3.63, 3.8) is 0 Å². The second kappa shape index (κ2) is 9.11. The van der Waals surface area contributed by atoms with Gasteiger partial charge in [0.25, 0.3) is 0 Å². The molecule has 15 heavy (non-hydrogen) atoms. The van der Waals surface area contributed by atoms with E-state index >= 15 is 0 Å². The smallest absolute Gasteiger partial charge is 0.450 e. The summed E-state index contributed by atoms with van der Waals surface area (Å²) >= 11 is 0. The first-order valence-corrected chi connectivity index (χ1v) is 4.48. The van der Waals surface area contributed by atoms with Crippen molar-refractivity contribution in [2.24, 2.45) is 11.8 Å². The highest BCUT2D eigenvalue weighted by atomic mass is 16.8. The summed E-state index contributed by atoms with van der Waals surface area (Å²) in [6, 6.07) is 0. The Hall–Kier alpha value is -1.46. The molecule has 0 radical (unpaired) electrons. The van der Waals surface area contributed by atoms with E-state index in [9.17, 15) is 9.59 Å². The van der Waals surface area contributed by atoms with Crippen LogP contribution in [0.2, 0.25) is 0 Å². The Kier molecular flexibility index (Phi) is 9.71. The third-order valence-corrected chi connectivity index (χ3v) is 1.70. The zero-order valence-corrected chi connectivity index (χ0v) is 9.39. The van der Waals surface area contributed by atoms with E-state index in [4.69, 9.17) is 10.2 Å². The molecule has 0 rings (SSSR count). The maximum atomic E-state index is 9.49. The Labute approximate surface area is 88.8 Å². The predicted octanol–water partition coefficient (Wildman–Crippen LogP) is 2.63. The van der Waals surface area contributed by atoms with Crippen LogP contribution in [0, 0.1) is 11.8 Å². The van der Waals surface area contributed by atoms with Crippen LogP contribution in [-0.2, 0) is 9.47 Å². The summed E-state index contributed by atoms with van der Waals surface area (Å²) in [4.78, 5) is 19.0. The molecule has 0 bridgehead atoms. The Balaban J connectivity index is 0. The second-order valence-electron chi connectivity index (χ2n) is 3.43. The van der Waals surface area contributed by atoms with Crippen molar-refractivity contribution in [2.45, 2.75) is 27.7 Å². The molecule has 6 heteroatoms. The van der Waals surface area contributed by atoms with Gasteiger partial charge in [-0.15, -0.1) is 0 Å². The van der Waals surface area contributed by atoms with Crippen molar-refractivity contribution < 1.29 is 29.3 Å². The highest BCUT2D eigenvalue weighted by molar-refractivity contribution is 5.58. The molecule has 6 nitrogen and oxygen atoms in total. The lowest BCUT2D eigenvalue weighted by Crippen LogP contribution is -2.08. The molecule has 0 aliphatic heterocycles. The van der Waals surface area contributed by atoms with Crippen LogP contribution in [0.1, 0.15) is 27.7 Å². The molecule has 0 saturated carbocycles. The number of carbonyl (C=O) groups is 2. The summed E-state index contributed by atoms with van der Waals surface area (Å²) in [5, 5.41) is 15.5. The maximum Gasteiger partial charge on any atom is 0.508 e. The van der Waals surface area contributed by atoms with Crippen LogP contribution in [0.25, 0.3) is 0 Å². The largest absolute Gasteiger partial charge is 0.508 e. The zero-order valence-electron chi connectivity index (χ0n) is 9.39. The Morgan fingerprint density at radius 3 is 1.33 bits per heavy atom. The summed E-state index contributed by atoms with van der Waals surface area (Å²) in [6.45, 7) is 8.18. The SMILES string of the molecule is CC(C)C(C)C.O=C(O)OCOC(=O)O. The van der Waals surface area contributed by atoms with Gasteiger partial charge in [-0.05, 0) is 11.8 Å². The Morgan fingerprint density at radius 1 is 0.933 bits per heavy atom.